The van der Waals surface area contributed by atoms with Crippen molar-refractivity contribution in [1.29, 1.82) is 0 Å². The van der Waals surface area contributed by atoms with Gasteiger partial charge in [-0.1, -0.05) is 33.3 Å². The highest BCUT2D eigenvalue weighted by Crippen LogP contribution is 2.18. The molecule has 0 aliphatic carbocycles. The van der Waals surface area contributed by atoms with Crippen LogP contribution in [0.3, 0.4) is 0 Å². The van der Waals surface area contributed by atoms with E-state index in [1.165, 1.54) is 7.11 Å². The fourth-order valence-corrected chi connectivity index (χ4v) is 1.78. The standard InChI is InChI=1S/C9H8BrN3O2/c1-15-9(14)13-7-4-2-3-6(5-10)8(7)11-12-13/h2-4H,5H2,1H3. The largest absolute Gasteiger partial charge is 0.451 e. The lowest BCUT2D eigenvalue weighted by atomic mass is 10.2. The van der Waals surface area contributed by atoms with Gasteiger partial charge in [0.1, 0.15) is 11.0 Å². The molecule has 1 aromatic heterocycles. The van der Waals surface area contributed by atoms with E-state index in [-0.39, 0.29) is 0 Å². The summed E-state index contributed by atoms with van der Waals surface area (Å²) in [6.07, 6.45) is -0.538. The number of carbonyl (C=O) groups excluding carboxylic acids is 1. The number of methoxy groups -OCH3 is 1. The van der Waals surface area contributed by atoms with Crippen molar-refractivity contribution < 1.29 is 9.53 Å². The molecule has 0 atom stereocenters. The molecule has 0 saturated carbocycles. The number of alkyl halides is 1. The Bertz CT molecular complexity index is 509. The zero-order valence-corrected chi connectivity index (χ0v) is 9.56. The second-order valence-electron chi connectivity index (χ2n) is 2.89. The minimum atomic E-state index is -0.538. The van der Waals surface area contributed by atoms with E-state index in [4.69, 9.17) is 0 Å². The average Bonchev–Trinajstić information content (AvgIpc) is 2.71. The molecular formula is C9H8BrN3O2. The molecule has 0 radical (unpaired) electrons. The maximum atomic E-state index is 11.3. The van der Waals surface area contributed by atoms with Crippen molar-refractivity contribution >= 4 is 33.1 Å². The third-order valence-electron chi connectivity index (χ3n) is 2.05. The van der Waals surface area contributed by atoms with Gasteiger partial charge >= 0.3 is 6.09 Å². The summed E-state index contributed by atoms with van der Waals surface area (Å²) in [5, 5.41) is 8.36. The van der Waals surface area contributed by atoms with Gasteiger partial charge in [0, 0.05) is 5.33 Å². The highest BCUT2D eigenvalue weighted by molar-refractivity contribution is 9.08. The van der Waals surface area contributed by atoms with Crippen molar-refractivity contribution in [2.24, 2.45) is 0 Å². The van der Waals surface area contributed by atoms with E-state index >= 15 is 0 Å². The molecule has 0 unspecified atom stereocenters. The molecular weight excluding hydrogens is 262 g/mol. The van der Waals surface area contributed by atoms with E-state index in [2.05, 4.69) is 31.0 Å². The number of hydrogen-bond acceptors (Lipinski definition) is 4. The third-order valence-corrected chi connectivity index (χ3v) is 2.66. The van der Waals surface area contributed by atoms with Gasteiger partial charge in [-0.2, -0.15) is 0 Å². The number of ether oxygens (including phenoxy) is 1. The van der Waals surface area contributed by atoms with E-state index < -0.39 is 6.09 Å². The van der Waals surface area contributed by atoms with Crippen LogP contribution >= 0.6 is 15.9 Å². The van der Waals surface area contributed by atoms with E-state index in [1.807, 2.05) is 12.1 Å². The highest BCUT2D eigenvalue weighted by atomic mass is 79.9. The van der Waals surface area contributed by atoms with Gasteiger partial charge in [0.25, 0.3) is 0 Å². The van der Waals surface area contributed by atoms with E-state index in [9.17, 15) is 4.79 Å². The monoisotopic (exact) mass is 269 g/mol. The Morgan fingerprint density at radius 3 is 3.07 bits per heavy atom. The minimum Gasteiger partial charge on any atom is -0.451 e. The number of halogens is 1. The molecule has 2 aromatic rings. The van der Waals surface area contributed by atoms with Gasteiger partial charge in [0.15, 0.2) is 0 Å². The maximum Gasteiger partial charge on any atom is 0.436 e. The van der Waals surface area contributed by atoms with Crippen LogP contribution in [0.5, 0.6) is 0 Å². The van der Waals surface area contributed by atoms with Crippen LogP contribution < -0.4 is 0 Å². The Balaban J connectivity index is 2.66. The van der Waals surface area contributed by atoms with Crippen LogP contribution in [0, 0.1) is 0 Å². The van der Waals surface area contributed by atoms with Crippen LogP contribution in [0.15, 0.2) is 18.2 Å². The Labute approximate surface area is 94.1 Å². The maximum absolute atomic E-state index is 11.3. The predicted octanol–water partition coefficient (Wildman–Crippen LogP) is 1.94. The van der Waals surface area contributed by atoms with E-state index in [0.717, 1.165) is 10.2 Å². The second-order valence-corrected chi connectivity index (χ2v) is 3.45. The predicted molar refractivity (Wildman–Crippen MR) is 58.0 cm³/mol. The van der Waals surface area contributed by atoms with Crippen molar-refractivity contribution in [3.63, 3.8) is 0 Å². The first-order valence-corrected chi connectivity index (χ1v) is 5.37. The van der Waals surface area contributed by atoms with Crippen LogP contribution in [-0.4, -0.2) is 28.2 Å². The molecule has 0 spiro atoms. The smallest absolute Gasteiger partial charge is 0.436 e. The Morgan fingerprint density at radius 2 is 2.40 bits per heavy atom. The topological polar surface area (TPSA) is 57.0 Å². The number of hydrogen-bond donors (Lipinski definition) is 0. The summed E-state index contributed by atoms with van der Waals surface area (Å²) in [5.74, 6) is 0. The van der Waals surface area contributed by atoms with Crippen molar-refractivity contribution in [3.05, 3.63) is 23.8 Å². The molecule has 0 saturated heterocycles. The Kier molecular flexibility index (Phi) is 2.68. The summed E-state index contributed by atoms with van der Waals surface area (Å²) in [4.78, 5) is 11.3. The molecule has 0 bridgehead atoms. The molecule has 15 heavy (non-hydrogen) atoms. The van der Waals surface area contributed by atoms with Gasteiger partial charge in [0.05, 0.1) is 7.11 Å². The Hall–Kier alpha value is -1.43. The van der Waals surface area contributed by atoms with Crippen molar-refractivity contribution in [2.75, 3.05) is 7.11 Å². The summed E-state index contributed by atoms with van der Waals surface area (Å²) in [5.41, 5.74) is 2.35. The van der Waals surface area contributed by atoms with Crippen LogP contribution in [0.1, 0.15) is 5.56 Å². The van der Waals surface area contributed by atoms with Crippen LogP contribution in [-0.2, 0) is 10.1 Å². The summed E-state index contributed by atoms with van der Waals surface area (Å²) >= 11 is 3.35. The quantitative estimate of drug-likeness (QED) is 0.743. The molecule has 0 aliphatic rings. The number of nitrogens with zero attached hydrogens (tertiary/aromatic N) is 3. The number of benzene rings is 1. The fourth-order valence-electron chi connectivity index (χ4n) is 1.33. The van der Waals surface area contributed by atoms with Crippen molar-refractivity contribution in [3.8, 4) is 0 Å². The number of fused-ring (bicyclic) bond motifs is 1. The number of carbonyl (C=O) groups is 1. The average molecular weight is 270 g/mol. The molecule has 1 heterocycles. The van der Waals surface area contributed by atoms with Gasteiger partial charge in [0.2, 0.25) is 0 Å². The lowest BCUT2D eigenvalue weighted by molar-refractivity contribution is 0.170. The van der Waals surface area contributed by atoms with Crippen molar-refractivity contribution in [2.45, 2.75) is 5.33 Å². The molecule has 0 aliphatic heterocycles. The van der Waals surface area contributed by atoms with Crippen LogP contribution in [0.4, 0.5) is 4.79 Å². The number of rotatable bonds is 1. The zero-order valence-electron chi connectivity index (χ0n) is 7.98. The summed E-state index contributed by atoms with van der Waals surface area (Å²) in [6.45, 7) is 0. The first-order chi connectivity index (χ1) is 7.27. The van der Waals surface area contributed by atoms with Crippen LogP contribution in [0.2, 0.25) is 0 Å². The molecule has 78 valence electrons. The molecule has 0 N–H and O–H groups in total. The van der Waals surface area contributed by atoms with Gasteiger partial charge in [-0.25, -0.2) is 4.79 Å². The fraction of sp³-hybridized carbons (Fsp3) is 0.222. The summed E-state index contributed by atoms with van der Waals surface area (Å²) < 4.78 is 5.73. The van der Waals surface area contributed by atoms with Crippen molar-refractivity contribution in [1.82, 2.24) is 15.0 Å². The minimum absolute atomic E-state index is 0.538. The first-order valence-electron chi connectivity index (χ1n) is 4.25. The normalized spacial score (nSPS) is 10.5. The van der Waals surface area contributed by atoms with Crippen LogP contribution in [0.25, 0.3) is 11.0 Å². The van der Waals surface area contributed by atoms with Gasteiger partial charge in [-0.15, -0.1) is 9.78 Å². The molecule has 0 fully saturated rings. The molecule has 6 heteroatoms. The molecule has 5 nitrogen and oxygen atoms in total. The summed E-state index contributed by atoms with van der Waals surface area (Å²) in [6, 6.07) is 5.55. The van der Waals surface area contributed by atoms with Gasteiger partial charge < -0.3 is 4.74 Å². The molecule has 1 aromatic carbocycles. The molecule has 0 amide bonds. The SMILES string of the molecule is COC(=O)n1nnc2c(CBr)cccc21. The second kappa shape index (κ2) is 3.98. The lowest BCUT2D eigenvalue weighted by Gasteiger charge is -1.99. The Morgan fingerprint density at radius 1 is 1.60 bits per heavy atom. The van der Waals surface area contributed by atoms with Gasteiger partial charge in [-0.3, -0.25) is 0 Å². The van der Waals surface area contributed by atoms with Gasteiger partial charge in [-0.05, 0) is 11.6 Å². The first kappa shape index (κ1) is 10.1. The number of aromatic nitrogens is 3. The van der Waals surface area contributed by atoms with E-state index in [1.54, 1.807) is 6.07 Å². The zero-order chi connectivity index (χ0) is 10.8. The van der Waals surface area contributed by atoms with E-state index in [0.29, 0.717) is 16.4 Å². The summed E-state index contributed by atoms with van der Waals surface area (Å²) in [7, 11) is 1.31. The molecule has 2 rings (SSSR count). The lowest BCUT2D eigenvalue weighted by Crippen LogP contribution is -2.12. The third kappa shape index (κ3) is 1.61. The highest BCUT2D eigenvalue weighted by Gasteiger charge is 2.13.